The van der Waals surface area contributed by atoms with Gasteiger partial charge in [-0.25, -0.2) is 9.67 Å². The second-order valence-corrected chi connectivity index (χ2v) is 7.91. The lowest BCUT2D eigenvalue weighted by Gasteiger charge is -2.25. The van der Waals surface area contributed by atoms with Crippen LogP contribution in [0.5, 0.6) is 0 Å². The number of para-hydroxylation sites is 1. The van der Waals surface area contributed by atoms with Crippen LogP contribution in [0.2, 0.25) is 0 Å². The summed E-state index contributed by atoms with van der Waals surface area (Å²) in [5, 5.41) is 11.6. The smallest absolute Gasteiger partial charge is 0.191 e. The molecule has 0 spiro atoms. The van der Waals surface area contributed by atoms with Crippen LogP contribution in [0.3, 0.4) is 0 Å². The molecule has 1 atom stereocenters. The fourth-order valence-corrected chi connectivity index (χ4v) is 3.68. The van der Waals surface area contributed by atoms with Crippen LogP contribution in [0.1, 0.15) is 36.7 Å². The molecule has 3 rings (SSSR count). The fraction of sp³-hybridized carbons (Fsp3) is 0.545. The molecule has 2 N–H and O–H groups in total. The van der Waals surface area contributed by atoms with Gasteiger partial charge in [0.05, 0.1) is 17.9 Å². The molecule has 1 fully saturated rings. The van der Waals surface area contributed by atoms with Crippen molar-refractivity contribution in [1.82, 2.24) is 25.3 Å². The van der Waals surface area contributed by atoms with Gasteiger partial charge in [0.25, 0.3) is 0 Å². The Bertz CT molecular complexity index is 807. The molecule has 0 radical (unpaired) electrons. The van der Waals surface area contributed by atoms with E-state index >= 15 is 0 Å². The molecule has 1 aromatic heterocycles. The lowest BCUT2D eigenvalue weighted by Crippen LogP contribution is -2.46. The van der Waals surface area contributed by atoms with E-state index in [9.17, 15) is 0 Å². The second-order valence-electron chi connectivity index (χ2n) is 7.91. The van der Waals surface area contributed by atoms with Crippen LogP contribution in [0.25, 0.3) is 5.69 Å². The van der Waals surface area contributed by atoms with Crippen molar-refractivity contribution in [2.45, 2.75) is 46.2 Å². The molecule has 0 aliphatic heterocycles. The Balaban J connectivity index is 0.00000300. The first-order chi connectivity index (χ1) is 13.5. The van der Waals surface area contributed by atoms with Crippen molar-refractivity contribution in [3.05, 3.63) is 47.3 Å². The van der Waals surface area contributed by atoms with Gasteiger partial charge in [-0.2, -0.15) is 5.10 Å². The molecule has 1 unspecified atom stereocenters. The Morgan fingerprint density at radius 3 is 2.55 bits per heavy atom. The number of nitrogens with zero attached hydrogens (tertiary/aromatic N) is 4. The zero-order chi connectivity index (χ0) is 20.1. The third-order valence-corrected chi connectivity index (χ3v) is 5.29. The quantitative estimate of drug-likeness (QED) is 0.324. The van der Waals surface area contributed by atoms with Crippen molar-refractivity contribution in [1.29, 1.82) is 0 Å². The van der Waals surface area contributed by atoms with Crippen LogP contribution in [0, 0.1) is 19.8 Å². The molecule has 1 aromatic carbocycles. The van der Waals surface area contributed by atoms with Gasteiger partial charge >= 0.3 is 0 Å². The molecule has 7 heteroatoms. The van der Waals surface area contributed by atoms with Gasteiger partial charge in [0.1, 0.15) is 0 Å². The predicted octanol–water partition coefficient (Wildman–Crippen LogP) is 3.50. The summed E-state index contributed by atoms with van der Waals surface area (Å²) in [7, 11) is 4.33. The summed E-state index contributed by atoms with van der Waals surface area (Å²) in [4.78, 5) is 7.18. The number of halogens is 1. The lowest BCUT2D eigenvalue weighted by atomic mass is 10.1. The van der Waals surface area contributed by atoms with Gasteiger partial charge in [-0.15, -0.1) is 24.0 Å². The normalized spacial score (nSPS) is 15.2. The van der Waals surface area contributed by atoms with Gasteiger partial charge < -0.3 is 15.5 Å². The molecule has 6 nitrogen and oxygen atoms in total. The largest absolute Gasteiger partial charge is 0.357 e. The molecule has 160 valence electrons. The van der Waals surface area contributed by atoms with Gasteiger partial charge in [0.2, 0.25) is 0 Å². The minimum atomic E-state index is 0. The zero-order valence-corrected chi connectivity index (χ0v) is 20.6. The molecule has 1 aliphatic carbocycles. The average Bonchev–Trinajstić information content (AvgIpc) is 3.43. The number of hydrogen-bond acceptors (Lipinski definition) is 3. The van der Waals surface area contributed by atoms with Crippen LogP contribution < -0.4 is 10.6 Å². The second kappa shape index (κ2) is 11.0. The molecule has 1 aliphatic rings. The van der Waals surface area contributed by atoms with E-state index < -0.39 is 0 Å². The fourth-order valence-electron chi connectivity index (χ4n) is 3.68. The Morgan fingerprint density at radius 1 is 1.24 bits per heavy atom. The highest BCUT2D eigenvalue weighted by Crippen LogP contribution is 2.34. The van der Waals surface area contributed by atoms with E-state index in [1.807, 2.05) is 11.6 Å². The number of nitrogens with one attached hydrogen (secondary N) is 2. The Labute approximate surface area is 192 Å². The maximum atomic E-state index is 4.85. The predicted molar refractivity (Wildman–Crippen MR) is 131 cm³/mol. The van der Waals surface area contributed by atoms with Gasteiger partial charge in [0.15, 0.2) is 5.96 Å². The van der Waals surface area contributed by atoms with Crippen molar-refractivity contribution in [3.8, 4) is 5.69 Å². The third-order valence-electron chi connectivity index (χ3n) is 5.29. The topological polar surface area (TPSA) is 57.5 Å². The van der Waals surface area contributed by atoms with E-state index in [1.165, 1.54) is 12.8 Å². The molecule has 1 saturated carbocycles. The van der Waals surface area contributed by atoms with E-state index in [0.29, 0.717) is 12.6 Å². The molecular weight excluding hydrogens is 475 g/mol. The number of benzene rings is 1. The number of likely N-dealkylation sites (N-methyl/N-ethyl adjacent to an activating group) is 1. The van der Waals surface area contributed by atoms with Crippen LogP contribution in [0.15, 0.2) is 35.3 Å². The first kappa shape index (κ1) is 23.7. The van der Waals surface area contributed by atoms with Gasteiger partial charge in [-0.05, 0) is 71.3 Å². The summed E-state index contributed by atoms with van der Waals surface area (Å²) in [6.07, 6.45) is 2.68. The molecular formula is C22H35IN6. The number of rotatable bonds is 8. The molecule has 2 aromatic rings. The highest BCUT2D eigenvalue weighted by atomic mass is 127. The summed E-state index contributed by atoms with van der Waals surface area (Å²) >= 11 is 0. The minimum absolute atomic E-state index is 0. The molecule has 29 heavy (non-hydrogen) atoms. The summed E-state index contributed by atoms with van der Waals surface area (Å²) in [6.45, 7) is 8.60. The van der Waals surface area contributed by atoms with Crippen molar-refractivity contribution in [2.75, 3.05) is 27.2 Å². The van der Waals surface area contributed by atoms with Gasteiger partial charge in [-0.1, -0.05) is 18.2 Å². The Morgan fingerprint density at radius 2 is 1.97 bits per heavy atom. The maximum absolute atomic E-state index is 4.85. The summed E-state index contributed by atoms with van der Waals surface area (Å²) < 4.78 is 2.01. The molecule has 0 amide bonds. The first-order valence-corrected chi connectivity index (χ1v) is 10.3. The number of guanidine groups is 1. The van der Waals surface area contributed by atoms with Crippen molar-refractivity contribution >= 4 is 29.9 Å². The van der Waals surface area contributed by atoms with Crippen LogP contribution in [0.4, 0.5) is 0 Å². The maximum Gasteiger partial charge on any atom is 0.191 e. The van der Waals surface area contributed by atoms with Crippen LogP contribution in [-0.4, -0.2) is 53.9 Å². The summed E-state index contributed by atoms with van der Waals surface area (Å²) in [5.41, 5.74) is 4.42. The summed E-state index contributed by atoms with van der Waals surface area (Å²) in [5.74, 6) is 1.69. The van der Waals surface area contributed by atoms with Gasteiger partial charge in [-0.3, -0.25) is 0 Å². The van der Waals surface area contributed by atoms with Crippen molar-refractivity contribution < 1.29 is 0 Å². The average molecular weight is 510 g/mol. The van der Waals surface area contributed by atoms with E-state index in [-0.39, 0.29) is 24.0 Å². The van der Waals surface area contributed by atoms with E-state index in [1.54, 1.807) is 0 Å². The number of aryl methyl sites for hydroxylation is 2. The minimum Gasteiger partial charge on any atom is -0.357 e. The molecule has 0 bridgehead atoms. The Kier molecular flexibility index (Phi) is 8.95. The van der Waals surface area contributed by atoms with Crippen molar-refractivity contribution in [3.63, 3.8) is 0 Å². The van der Waals surface area contributed by atoms with Crippen molar-refractivity contribution in [2.24, 2.45) is 10.9 Å². The lowest BCUT2D eigenvalue weighted by molar-refractivity contribution is 0.264. The molecule has 0 saturated heterocycles. The van der Waals surface area contributed by atoms with E-state index in [0.717, 1.165) is 47.6 Å². The first-order valence-electron chi connectivity index (χ1n) is 10.3. The van der Waals surface area contributed by atoms with E-state index in [4.69, 9.17) is 4.99 Å². The van der Waals surface area contributed by atoms with Crippen LogP contribution in [-0.2, 0) is 6.54 Å². The zero-order valence-electron chi connectivity index (χ0n) is 18.3. The standard InChI is InChI=1S/C22H34N6.HI/c1-6-23-22(25-15-21(27(4)5)18-11-12-18)24-14-19-9-7-8-10-20(19)28-17(3)13-16(2)26-28;/h7-10,13,18,21H,6,11-12,14-15H2,1-5H3,(H2,23,24,25);1H. The SMILES string of the molecule is CCNC(=NCc1ccccc1-n1nc(C)cc1C)NCC(C1CC1)N(C)C.I. The van der Waals surface area contributed by atoms with Gasteiger partial charge in [0, 0.05) is 24.8 Å². The third kappa shape index (κ3) is 6.44. The van der Waals surface area contributed by atoms with E-state index in [2.05, 4.69) is 78.9 Å². The number of aliphatic imine (C=N–C) groups is 1. The monoisotopic (exact) mass is 510 g/mol. The summed E-state index contributed by atoms with van der Waals surface area (Å²) in [6, 6.07) is 11.0. The highest BCUT2D eigenvalue weighted by molar-refractivity contribution is 14.0. The Hall–Kier alpha value is -1.61. The number of aromatic nitrogens is 2. The number of hydrogen-bond donors (Lipinski definition) is 2. The molecule has 1 heterocycles. The highest BCUT2D eigenvalue weighted by Gasteiger charge is 2.32. The van der Waals surface area contributed by atoms with Crippen LogP contribution >= 0.6 is 24.0 Å².